The Morgan fingerprint density at radius 3 is 2.93 bits per heavy atom. The quantitative estimate of drug-likeness (QED) is 0.688. The summed E-state index contributed by atoms with van der Waals surface area (Å²) < 4.78 is 0. The Morgan fingerprint density at radius 1 is 1.27 bits per heavy atom. The minimum atomic E-state index is 0.830. The molecule has 1 aromatic rings. The number of nitrogens with one attached hydrogen (secondary N) is 1. The number of rotatable bonds is 8. The molecule has 0 amide bonds. The molecule has 0 aliphatic rings. The molecule has 0 aliphatic carbocycles. The smallest absolute Gasteiger partial charge is 0.0724 e. The molecule has 1 heterocycles. The van der Waals surface area contributed by atoms with Gasteiger partial charge in [0.25, 0.3) is 0 Å². The molecule has 0 fully saturated rings. The lowest BCUT2D eigenvalue weighted by Crippen LogP contribution is -2.15. The lowest BCUT2D eigenvalue weighted by molar-refractivity contribution is 0.611. The maximum atomic E-state index is 4.20. The van der Waals surface area contributed by atoms with Crippen LogP contribution in [0.4, 0.5) is 0 Å². The van der Waals surface area contributed by atoms with Crippen LogP contribution in [-0.4, -0.2) is 28.5 Å². The predicted octanol–water partition coefficient (Wildman–Crippen LogP) is 2.10. The van der Waals surface area contributed by atoms with Gasteiger partial charge in [-0.25, -0.2) is 0 Å². The van der Waals surface area contributed by atoms with Gasteiger partial charge in [0, 0.05) is 25.1 Å². The lowest BCUT2D eigenvalue weighted by Gasteiger charge is -2.03. The summed E-state index contributed by atoms with van der Waals surface area (Å²) in [6.07, 6.45) is 11.3. The molecule has 1 aromatic heterocycles. The van der Waals surface area contributed by atoms with Crippen molar-refractivity contribution >= 4 is 11.8 Å². The van der Waals surface area contributed by atoms with Gasteiger partial charge in [0.05, 0.1) is 5.69 Å². The zero-order valence-corrected chi connectivity index (χ0v) is 10.1. The van der Waals surface area contributed by atoms with Crippen LogP contribution in [0.25, 0.3) is 0 Å². The van der Waals surface area contributed by atoms with Crippen molar-refractivity contribution in [2.24, 2.45) is 0 Å². The highest BCUT2D eigenvalue weighted by Gasteiger charge is 1.93. The Kier molecular flexibility index (Phi) is 7.21. The molecule has 3 nitrogen and oxygen atoms in total. The van der Waals surface area contributed by atoms with E-state index in [4.69, 9.17) is 0 Å². The van der Waals surface area contributed by atoms with E-state index in [0.717, 1.165) is 18.8 Å². The Balaban J connectivity index is 1.93. The predicted molar refractivity (Wildman–Crippen MR) is 66.0 cm³/mol. The molecule has 0 unspecified atom stereocenters. The molecule has 0 radical (unpaired) electrons. The molecule has 0 saturated carbocycles. The zero-order chi connectivity index (χ0) is 10.8. The number of thioether (sulfide) groups is 1. The van der Waals surface area contributed by atoms with Gasteiger partial charge in [0.2, 0.25) is 0 Å². The first-order valence-electron chi connectivity index (χ1n) is 5.38. The van der Waals surface area contributed by atoms with Crippen molar-refractivity contribution < 1.29 is 0 Å². The van der Waals surface area contributed by atoms with Crippen LogP contribution < -0.4 is 5.32 Å². The number of hydrogen-bond acceptors (Lipinski definition) is 4. The summed E-state index contributed by atoms with van der Waals surface area (Å²) >= 11 is 1.92. The second kappa shape index (κ2) is 8.68. The standard InChI is InChI=1S/C11H19N3S/c1-15-8-4-2-3-5-12-9-11-10-13-6-7-14-11/h6-7,10,12H,2-5,8-9H2,1H3. The van der Waals surface area contributed by atoms with Gasteiger partial charge in [-0.3, -0.25) is 9.97 Å². The van der Waals surface area contributed by atoms with E-state index in [1.165, 1.54) is 25.0 Å². The summed E-state index contributed by atoms with van der Waals surface area (Å²) in [5.74, 6) is 1.28. The normalized spacial score (nSPS) is 10.5. The van der Waals surface area contributed by atoms with Crippen LogP contribution in [-0.2, 0) is 6.54 Å². The van der Waals surface area contributed by atoms with Crippen LogP contribution in [0, 0.1) is 0 Å². The van der Waals surface area contributed by atoms with Crippen LogP contribution in [0.5, 0.6) is 0 Å². The summed E-state index contributed by atoms with van der Waals surface area (Å²) in [6.45, 7) is 1.90. The largest absolute Gasteiger partial charge is 0.311 e. The van der Waals surface area contributed by atoms with E-state index in [1.807, 2.05) is 11.8 Å². The molecule has 0 saturated heterocycles. The number of aromatic nitrogens is 2. The van der Waals surface area contributed by atoms with E-state index in [-0.39, 0.29) is 0 Å². The third-order valence-corrected chi connectivity index (χ3v) is 2.82. The molecule has 4 heteroatoms. The zero-order valence-electron chi connectivity index (χ0n) is 9.28. The van der Waals surface area contributed by atoms with Gasteiger partial charge in [0.1, 0.15) is 0 Å². The molecular formula is C11H19N3S. The molecule has 1 rings (SSSR count). The molecule has 84 valence electrons. The van der Waals surface area contributed by atoms with Crippen LogP contribution >= 0.6 is 11.8 Å². The minimum Gasteiger partial charge on any atom is -0.311 e. The highest BCUT2D eigenvalue weighted by atomic mass is 32.2. The molecule has 1 N–H and O–H groups in total. The van der Waals surface area contributed by atoms with Crippen molar-refractivity contribution in [2.45, 2.75) is 25.8 Å². The maximum absolute atomic E-state index is 4.20. The monoisotopic (exact) mass is 225 g/mol. The molecule has 0 aliphatic heterocycles. The topological polar surface area (TPSA) is 37.8 Å². The molecule has 15 heavy (non-hydrogen) atoms. The van der Waals surface area contributed by atoms with E-state index < -0.39 is 0 Å². The second-order valence-corrected chi connectivity index (χ2v) is 4.41. The molecule has 0 bridgehead atoms. The van der Waals surface area contributed by atoms with Crippen molar-refractivity contribution in [3.05, 3.63) is 24.3 Å². The fraction of sp³-hybridized carbons (Fsp3) is 0.636. The Labute approximate surface area is 96.1 Å². The number of hydrogen-bond donors (Lipinski definition) is 1. The van der Waals surface area contributed by atoms with Crippen molar-refractivity contribution in [1.29, 1.82) is 0 Å². The van der Waals surface area contributed by atoms with Crippen molar-refractivity contribution in [1.82, 2.24) is 15.3 Å². The van der Waals surface area contributed by atoms with Gasteiger partial charge in [0.15, 0.2) is 0 Å². The number of nitrogens with zero attached hydrogens (tertiary/aromatic N) is 2. The average Bonchev–Trinajstić information content (AvgIpc) is 2.29. The van der Waals surface area contributed by atoms with E-state index >= 15 is 0 Å². The van der Waals surface area contributed by atoms with Crippen LogP contribution in [0.2, 0.25) is 0 Å². The molecule has 0 spiro atoms. The summed E-state index contributed by atoms with van der Waals surface area (Å²) in [7, 11) is 0. The second-order valence-electron chi connectivity index (χ2n) is 3.43. The van der Waals surface area contributed by atoms with Gasteiger partial charge in [-0.05, 0) is 31.4 Å². The number of unbranched alkanes of at least 4 members (excludes halogenated alkanes) is 2. The minimum absolute atomic E-state index is 0.830. The van der Waals surface area contributed by atoms with Crippen molar-refractivity contribution in [3.63, 3.8) is 0 Å². The Morgan fingerprint density at radius 2 is 2.20 bits per heavy atom. The first kappa shape index (κ1) is 12.5. The average molecular weight is 225 g/mol. The van der Waals surface area contributed by atoms with Crippen LogP contribution in [0.1, 0.15) is 25.0 Å². The Bertz CT molecular complexity index is 241. The molecule has 0 atom stereocenters. The van der Waals surface area contributed by atoms with Gasteiger partial charge >= 0.3 is 0 Å². The van der Waals surface area contributed by atoms with E-state index in [0.29, 0.717) is 0 Å². The molecule has 0 aromatic carbocycles. The van der Waals surface area contributed by atoms with Crippen molar-refractivity contribution in [3.8, 4) is 0 Å². The third-order valence-electron chi connectivity index (χ3n) is 2.12. The van der Waals surface area contributed by atoms with E-state index in [9.17, 15) is 0 Å². The SMILES string of the molecule is CSCCCCCNCc1cnccn1. The lowest BCUT2D eigenvalue weighted by atomic mass is 10.2. The van der Waals surface area contributed by atoms with Gasteiger partial charge in [-0.1, -0.05) is 6.42 Å². The highest BCUT2D eigenvalue weighted by Crippen LogP contribution is 2.01. The van der Waals surface area contributed by atoms with Crippen LogP contribution in [0.15, 0.2) is 18.6 Å². The fourth-order valence-electron chi connectivity index (χ4n) is 1.31. The van der Waals surface area contributed by atoms with Crippen molar-refractivity contribution in [2.75, 3.05) is 18.6 Å². The van der Waals surface area contributed by atoms with Gasteiger partial charge in [-0.15, -0.1) is 0 Å². The third kappa shape index (κ3) is 6.47. The summed E-state index contributed by atoms with van der Waals surface area (Å²) in [5, 5.41) is 3.37. The van der Waals surface area contributed by atoms with Gasteiger partial charge < -0.3 is 5.32 Å². The van der Waals surface area contributed by atoms with Crippen LogP contribution in [0.3, 0.4) is 0 Å². The van der Waals surface area contributed by atoms with E-state index in [1.54, 1.807) is 18.6 Å². The summed E-state index contributed by atoms with van der Waals surface area (Å²) in [6, 6.07) is 0. The molecular weight excluding hydrogens is 206 g/mol. The first-order valence-corrected chi connectivity index (χ1v) is 6.77. The highest BCUT2D eigenvalue weighted by molar-refractivity contribution is 7.98. The fourth-order valence-corrected chi connectivity index (χ4v) is 1.80. The first-order chi connectivity index (χ1) is 7.43. The maximum Gasteiger partial charge on any atom is 0.0724 e. The summed E-state index contributed by atoms with van der Waals surface area (Å²) in [4.78, 5) is 8.22. The Hall–Kier alpha value is -0.610. The van der Waals surface area contributed by atoms with E-state index in [2.05, 4.69) is 21.5 Å². The summed E-state index contributed by atoms with van der Waals surface area (Å²) in [5.41, 5.74) is 1.02. The van der Waals surface area contributed by atoms with Gasteiger partial charge in [-0.2, -0.15) is 11.8 Å².